The zero-order valence-corrected chi connectivity index (χ0v) is 15.2. The Morgan fingerprint density at radius 2 is 1.89 bits per heavy atom. The molecule has 28 heavy (non-hydrogen) atoms. The minimum absolute atomic E-state index is 0.0351. The van der Waals surface area contributed by atoms with Crippen LogP contribution >= 0.6 is 0 Å². The molecule has 0 N–H and O–H groups in total. The normalized spacial score (nSPS) is 16.8. The van der Waals surface area contributed by atoms with E-state index in [1.54, 1.807) is 17.0 Å². The molecule has 0 aliphatic carbocycles. The van der Waals surface area contributed by atoms with Gasteiger partial charge in [-0.2, -0.15) is 0 Å². The van der Waals surface area contributed by atoms with Gasteiger partial charge in [-0.05, 0) is 60.9 Å². The molecule has 0 radical (unpaired) electrons. The van der Waals surface area contributed by atoms with Crippen molar-refractivity contribution in [3.63, 3.8) is 0 Å². The highest BCUT2D eigenvalue weighted by Crippen LogP contribution is 2.29. The van der Waals surface area contributed by atoms with Crippen molar-refractivity contribution in [2.45, 2.75) is 25.3 Å². The summed E-state index contributed by atoms with van der Waals surface area (Å²) in [6, 6.07) is 14.9. The van der Waals surface area contributed by atoms with E-state index >= 15 is 0 Å². The summed E-state index contributed by atoms with van der Waals surface area (Å²) in [4.78, 5) is 15.9. The standard InChI is InChI=1S/C20H20FN5O2/c21-15-9-11-16(12-10-15)26-23-20(22-24-26)18-8-4-5-13-25(18)19(27)14-28-17-6-2-1-3-7-17/h1-3,6-7,9-12,18H,4-5,8,13-14H2/t18-/m1/s1. The van der Waals surface area contributed by atoms with Gasteiger partial charge in [-0.1, -0.05) is 18.2 Å². The Balaban J connectivity index is 1.47. The van der Waals surface area contributed by atoms with Gasteiger partial charge in [-0.3, -0.25) is 4.79 Å². The number of hydrogen-bond donors (Lipinski definition) is 0. The molecule has 1 amide bonds. The molecule has 7 nitrogen and oxygen atoms in total. The van der Waals surface area contributed by atoms with E-state index in [2.05, 4.69) is 15.4 Å². The summed E-state index contributed by atoms with van der Waals surface area (Å²) in [7, 11) is 0. The second kappa shape index (κ2) is 8.16. The van der Waals surface area contributed by atoms with Gasteiger partial charge < -0.3 is 9.64 Å². The van der Waals surface area contributed by atoms with E-state index in [1.807, 2.05) is 30.3 Å². The van der Waals surface area contributed by atoms with E-state index in [0.717, 1.165) is 19.3 Å². The minimum atomic E-state index is -0.327. The number of likely N-dealkylation sites (tertiary alicyclic amines) is 1. The lowest BCUT2D eigenvalue weighted by molar-refractivity contribution is -0.137. The third-order valence-corrected chi connectivity index (χ3v) is 4.71. The Bertz CT molecular complexity index is 929. The average Bonchev–Trinajstić information content (AvgIpc) is 3.23. The molecule has 2 heterocycles. The number of aromatic nitrogens is 4. The molecule has 8 heteroatoms. The Morgan fingerprint density at radius 1 is 1.11 bits per heavy atom. The molecule has 4 rings (SSSR count). The molecule has 2 aromatic carbocycles. The molecular formula is C20H20FN5O2. The van der Waals surface area contributed by atoms with Crippen molar-refractivity contribution in [1.29, 1.82) is 0 Å². The number of hydrogen-bond acceptors (Lipinski definition) is 5. The fourth-order valence-corrected chi connectivity index (χ4v) is 3.29. The lowest BCUT2D eigenvalue weighted by atomic mass is 10.0. The zero-order valence-electron chi connectivity index (χ0n) is 15.2. The first kappa shape index (κ1) is 18.1. The second-order valence-corrected chi connectivity index (χ2v) is 6.61. The first-order valence-corrected chi connectivity index (χ1v) is 9.24. The van der Waals surface area contributed by atoms with Crippen LogP contribution < -0.4 is 4.74 Å². The number of benzene rings is 2. The SMILES string of the molecule is O=C(COc1ccccc1)N1CCCC[C@@H]1c1nnn(-c2ccc(F)cc2)n1. The smallest absolute Gasteiger partial charge is 0.261 e. The molecule has 3 aromatic rings. The predicted octanol–water partition coefficient (Wildman–Crippen LogP) is 2.93. The van der Waals surface area contributed by atoms with Crippen LogP contribution in [0.5, 0.6) is 5.75 Å². The van der Waals surface area contributed by atoms with Crippen molar-refractivity contribution >= 4 is 5.91 Å². The third kappa shape index (κ3) is 4.00. The van der Waals surface area contributed by atoms with Gasteiger partial charge in [-0.15, -0.1) is 15.0 Å². The van der Waals surface area contributed by atoms with E-state index < -0.39 is 0 Å². The van der Waals surface area contributed by atoms with Crippen molar-refractivity contribution in [2.75, 3.05) is 13.2 Å². The van der Waals surface area contributed by atoms with Gasteiger partial charge in [0, 0.05) is 6.54 Å². The van der Waals surface area contributed by atoms with Crippen LogP contribution in [0.1, 0.15) is 31.1 Å². The first-order valence-electron chi connectivity index (χ1n) is 9.24. The van der Waals surface area contributed by atoms with Gasteiger partial charge in [0.05, 0.1) is 11.7 Å². The summed E-state index contributed by atoms with van der Waals surface area (Å²) in [6.45, 7) is 0.597. The van der Waals surface area contributed by atoms with Crippen molar-refractivity contribution in [1.82, 2.24) is 25.1 Å². The maximum absolute atomic E-state index is 13.1. The van der Waals surface area contributed by atoms with Gasteiger partial charge in [0.25, 0.3) is 5.91 Å². The number of carbonyl (C=O) groups is 1. The van der Waals surface area contributed by atoms with Crippen LogP contribution in [0.2, 0.25) is 0 Å². The largest absolute Gasteiger partial charge is 0.484 e. The number of nitrogens with zero attached hydrogens (tertiary/aromatic N) is 5. The molecule has 1 fully saturated rings. The van der Waals surface area contributed by atoms with Crippen LogP contribution in [-0.2, 0) is 4.79 Å². The fraction of sp³-hybridized carbons (Fsp3) is 0.300. The molecule has 1 aromatic heterocycles. The van der Waals surface area contributed by atoms with Gasteiger partial charge in [0.1, 0.15) is 11.6 Å². The number of piperidine rings is 1. The molecule has 1 aliphatic heterocycles. The van der Waals surface area contributed by atoms with E-state index in [4.69, 9.17) is 4.74 Å². The number of rotatable bonds is 5. The highest BCUT2D eigenvalue weighted by molar-refractivity contribution is 5.78. The highest BCUT2D eigenvalue weighted by atomic mass is 19.1. The second-order valence-electron chi connectivity index (χ2n) is 6.61. The Labute approximate surface area is 161 Å². The van der Waals surface area contributed by atoms with Crippen LogP contribution in [-0.4, -0.2) is 44.2 Å². The van der Waals surface area contributed by atoms with Crippen LogP contribution in [0.15, 0.2) is 54.6 Å². The summed E-state index contributed by atoms with van der Waals surface area (Å²) in [5.41, 5.74) is 0.612. The maximum Gasteiger partial charge on any atom is 0.261 e. The predicted molar refractivity (Wildman–Crippen MR) is 99.4 cm³/mol. The summed E-state index contributed by atoms with van der Waals surface area (Å²) in [6.07, 6.45) is 2.69. The minimum Gasteiger partial charge on any atom is -0.484 e. The third-order valence-electron chi connectivity index (χ3n) is 4.71. The summed E-state index contributed by atoms with van der Waals surface area (Å²) >= 11 is 0. The lowest BCUT2D eigenvalue weighted by Crippen LogP contribution is -2.41. The van der Waals surface area contributed by atoms with E-state index in [9.17, 15) is 9.18 Å². The van der Waals surface area contributed by atoms with Gasteiger partial charge in [0.2, 0.25) is 0 Å². The van der Waals surface area contributed by atoms with Crippen LogP contribution in [0.3, 0.4) is 0 Å². The highest BCUT2D eigenvalue weighted by Gasteiger charge is 2.31. The summed E-state index contributed by atoms with van der Waals surface area (Å²) in [5.74, 6) is 0.708. The number of para-hydroxylation sites is 1. The van der Waals surface area contributed by atoms with Crippen LogP contribution in [0, 0.1) is 5.82 Å². The molecule has 0 spiro atoms. The van der Waals surface area contributed by atoms with Gasteiger partial charge >= 0.3 is 0 Å². The summed E-state index contributed by atoms with van der Waals surface area (Å²) in [5, 5.41) is 12.6. The van der Waals surface area contributed by atoms with E-state index in [-0.39, 0.29) is 24.4 Å². The van der Waals surface area contributed by atoms with Crippen molar-refractivity contribution in [2.24, 2.45) is 0 Å². The number of tetrazole rings is 1. The monoisotopic (exact) mass is 381 g/mol. The molecule has 0 unspecified atom stereocenters. The van der Waals surface area contributed by atoms with Gasteiger partial charge in [-0.25, -0.2) is 4.39 Å². The topological polar surface area (TPSA) is 73.1 Å². The molecule has 0 saturated carbocycles. The lowest BCUT2D eigenvalue weighted by Gasteiger charge is -2.33. The van der Waals surface area contributed by atoms with Crippen LogP contribution in [0.4, 0.5) is 4.39 Å². The first-order chi connectivity index (χ1) is 13.7. The molecule has 0 bridgehead atoms. The van der Waals surface area contributed by atoms with Crippen molar-refractivity contribution in [3.8, 4) is 11.4 Å². The Hall–Kier alpha value is -3.29. The quantitative estimate of drug-likeness (QED) is 0.679. The Kier molecular flexibility index (Phi) is 5.27. The molecule has 1 saturated heterocycles. The fourth-order valence-electron chi connectivity index (χ4n) is 3.29. The number of carbonyl (C=O) groups excluding carboxylic acids is 1. The number of ether oxygens (including phenoxy) is 1. The molecule has 144 valence electrons. The molecular weight excluding hydrogens is 361 g/mol. The Morgan fingerprint density at radius 3 is 2.68 bits per heavy atom. The molecule has 1 aliphatic rings. The van der Waals surface area contributed by atoms with E-state index in [0.29, 0.717) is 23.8 Å². The van der Waals surface area contributed by atoms with E-state index in [1.165, 1.54) is 16.9 Å². The molecule has 1 atom stereocenters. The van der Waals surface area contributed by atoms with Crippen molar-refractivity contribution in [3.05, 3.63) is 66.2 Å². The van der Waals surface area contributed by atoms with Crippen LogP contribution in [0.25, 0.3) is 5.69 Å². The van der Waals surface area contributed by atoms with Crippen molar-refractivity contribution < 1.29 is 13.9 Å². The summed E-state index contributed by atoms with van der Waals surface area (Å²) < 4.78 is 18.7. The zero-order chi connectivity index (χ0) is 19.3. The maximum atomic E-state index is 13.1. The number of halogens is 1. The van der Waals surface area contributed by atoms with Gasteiger partial charge in [0.15, 0.2) is 12.4 Å². The average molecular weight is 381 g/mol. The number of amides is 1.